The zero-order chi connectivity index (χ0) is 10.7. The highest BCUT2D eigenvalue weighted by Crippen LogP contribution is 2.14. The molecule has 1 rings (SSSR count). The molecule has 1 N–H and O–H groups in total. The topological polar surface area (TPSA) is 54.4 Å². The second-order valence-electron chi connectivity index (χ2n) is 3.19. The first-order chi connectivity index (χ1) is 6.52. The Hall–Kier alpha value is -1.48. The van der Waals surface area contributed by atoms with Crippen molar-refractivity contribution in [1.29, 1.82) is 0 Å². The Morgan fingerprint density at radius 3 is 2.00 bits per heavy atom. The molecule has 0 amide bonds. The summed E-state index contributed by atoms with van der Waals surface area (Å²) in [5.41, 5.74) is 1.09. The van der Waals surface area contributed by atoms with Crippen LogP contribution in [0.2, 0.25) is 0 Å². The number of ketones is 2. The number of aliphatic hydroxyl groups is 1. The van der Waals surface area contributed by atoms with Crippen LogP contribution >= 0.6 is 0 Å². The van der Waals surface area contributed by atoms with Crippen LogP contribution in [0.5, 0.6) is 0 Å². The van der Waals surface area contributed by atoms with Crippen LogP contribution in [-0.2, 0) is 4.79 Å². The fourth-order valence-corrected chi connectivity index (χ4v) is 1.13. The summed E-state index contributed by atoms with van der Waals surface area (Å²) < 4.78 is 0. The normalized spacial score (nSPS) is 12.2. The first kappa shape index (κ1) is 10.6. The summed E-state index contributed by atoms with van der Waals surface area (Å²) >= 11 is 0. The van der Waals surface area contributed by atoms with Crippen LogP contribution in [0, 0.1) is 0 Å². The molecule has 0 fully saturated rings. The fourth-order valence-electron chi connectivity index (χ4n) is 1.13. The van der Waals surface area contributed by atoms with Crippen molar-refractivity contribution in [2.75, 3.05) is 0 Å². The van der Waals surface area contributed by atoms with Crippen molar-refractivity contribution in [3.8, 4) is 0 Å². The summed E-state index contributed by atoms with van der Waals surface area (Å²) in [4.78, 5) is 21.8. The van der Waals surface area contributed by atoms with Crippen LogP contribution in [-0.4, -0.2) is 16.7 Å². The van der Waals surface area contributed by atoms with Crippen molar-refractivity contribution >= 4 is 11.6 Å². The Kier molecular flexibility index (Phi) is 3.14. The minimum Gasteiger partial charge on any atom is -0.381 e. The highest BCUT2D eigenvalue weighted by molar-refractivity contribution is 5.94. The van der Waals surface area contributed by atoms with Crippen molar-refractivity contribution in [2.45, 2.75) is 20.0 Å². The van der Waals surface area contributed by atoms with E-state index in [0.29, 0.717) is 11.1 Å². The third kappa shape index (κ3) is 2.26. The van der Waals surface area contributed by atoms with Gasteiger partial charge in [-0.25, -0.2) is 0 Å². The number of benzene rings is 1. The van der Waals surface area contributed by atoms with Gasteiger partial charge >= 0.3 is 0 Å². The van der Waals surface area contributed by atoms with Crippen molar-refractivity contribution < 1.29 is 14.7 Å². The Balaban J connectivity index is 2.94. The smallest absolute Gasteiger partial charge is 0.162 e. The van der Waals surface area contributed by atoms with Crippen molar-refractivity contribution in [3.05, 3.63) is 35.4 Å². The van der Waals surface area contributed by atoms with Crippen molar-refractivity contribution in [2.24, 2.45) is 0 Å². The van der Waals surface area contributed by atoms with Gasteiger partial charge in [-0.2, -0.15) is 0 Å². The number of hydrogen-bond acceptors (Lipinski definition) is 3. The number of rotatable bonds is 3. The lowest BCUT2D eigenvalue weighted by Crippen LogP contribution is -2.07. The summed E-state index contributed by atoms with van der Waals surface area (Å²) in [7, 11) is 0. The second-order valence-corrected chi connectivity index (χ2v) is 3.19. The molecule has 0 unspecified atom stereocenters. The fraction of sp³-hybridized carbons (Fsp3) is 0.273. The molecule has 1 aromatic rings. The first-order valence-corrected chi connectivity index (χ1v) is 4.32. The summed E-state index contributed by atoms with van der Waals surface area (Å²) in [6.07, 6.45) is -1.09. The maximum absolute atomic E-state index is 10.9. The number of aliphatic hydroxyl groups excluding tert-OH is 1. The quantitative estimate of drug-likeness (QED) is 0.738. The van der Waals surface area contributed by atoms with Crippen LogP contribution < -0.4 is 0 Å². The summed E-state index contributed by atoms with van der Waals surface area (Å²) in [5, 5.41) is 9.39. The van der Waals surface area contributed by atoms with Gasteiger partial charge in [-0.15, -0.1) is 0 Å². The molecule has 0 saturated carbocycles. The molecule has 0 bridgehead atoms. The molecular formula is C11H12O3. The Labute approximate surface area is 82.4 Å². The van der Waals surface area contributed by atoms with E-state index in [1.54, 1.807) is 24.3 Å². The van der Waals surface area contributed by atoms with Gasteiger partial charge in [-0.3, -0.25) is 9.59 Å². The minimum absolute atomic E-state index is 0.0335. The molecule has 0 saturated heterocycles. The van der Waals surface area contributed by atoms with Crippen LogP contribution in [0.1, 0.15) is 35.9 Å². The lowest BCUT2D eigenvalue weighted by atomic mass is 10.0. The molecule has 0 radical (unpaired) electrons. The van der Waals surface area contributed by atoms with Gasteiger partial charge in [0.05, 0.1) is 0 Å². The molecule has 0 aliphatic carbocycles. The predicted octanol–water partition coefficient (Wildman–Crippen LogP) is 1.51. The molecular weight excluding hydrogens is 180 g/mol. The van der Waals surface area contributed by atoms with Crippen LogP contribution in [0.3, 0.4) is 0 Å². The zero-order valence-corrected chi connectivity index (χ0v) is 8.15. The van der Waals surface area contributed by atoms with Gasteiger partial charge in [0.1, 0.15) is 6.10 Å². The maximum Gasteiger partial charge on any atom is 0.162 e. The van der Waals surface area contributed by atoms with E-state index >= 15 is 0 Å². The van der Waals surface area contributed by atoms with E-state index in [1.807, 2.05) is 0 Å². The average Bonchev–Trinajstić information content (AvgIpc) is 2.16. The number of carbonyl (C=O) groups is 2. The van der Waals surface area contributed by atoms with Gasteiger partial charge in [0, 0.05) is 5.56 Å². The molecule has 3 nitrogen and oxygen atoms in total. The maximum atomic E-state index is 10.9. The minimum atomic E-state index is -1.09. The lowest BCUT2D eigenvalue weighted by molar-refractivity contribution is -0.125. The second kappa shape index (κ2) is 4.15. The standard InChI is InChI=1S/C11H12O3/c1-7(12)9-3-5-10(6-4-9)11(14)8(2)13/h3-6,11,14H,1-2H3/t11-/m0/s1. The van der Waals surface area contributed by atoms with E-state index in [4.69, 9.17) is 0 Å². The number of carbonyl (C=O) groups excluding carboxylic acids is 2. The molecule has 0 aliphatic rings. The summed E-state index contributed by atoms with van der Waals surface area (Å²) in [6, 6.07) is 6.37. The Morgan fingerprint density at radius 2 is 1.64 bits per heavy atom. The Morgan fingerprint density at radius 1 is 1.14 bits per heavy atom. The molecule has 0 aromatic heterocycles. The van der Waals surface area contributed by atoms with Gasteiger partial charge in [-0.1, -0.05) is 24.3 Å². The molecule has 14 heavy (non-hydrogen) atoms. The highest BCUT2D eigenvalue weighted by Gasteiger charge is 2.12. The van der Waals surface area contributed by atoms with Gasteiger partial charge in [0.25, 0.3) is 0 Å². The zero-order valence-electron chi connectivity index (χ0n) is 8.15. The average molecular weight is 192 g/mol. The summed E-state index contributed by atoms with van der Waals surface area (Å²) in [6.45, 7) is 2.79. The first-order valence-electron chi connectivity index (χ1n) is 4.32. The van der Waals surface area contributed by atoms with Gasteiger partial charge in [0.15, 0.2) is 11.6 Å². The Bertz CT molecular complexity index is 351. The van der Waals surface area contributed by atoms with Crippen LogP contribution in [0.25, 0.3) is 0 Å². The third-order valence-electron chi connectivity index (χ3n) is 2.02. The van der Waals surface area contributed by atoms with Crippen LogP contribution in [0.4, 0.5) is 0 Å². The number of Topliss-reactive ketones (excluding diaryl/α,β-unsaturated/α-hetero) is 2. The van der Waals surface area contributed by atoms with Crippen molar-refractivity contribution in [1.82, 2.24) is 0 Å². The molecule has 1 atom stereocenters. The molecule has 0 heterocycles. The molecule has 0 aliphatic heterocycles. The monoisotopic (exact) mass is 192 g/mol. The molecule has 3 heteroatoms. The predicted molar refractivity (Wildman–Crippen MR) is 52.1 cm³/mol. The molecule has 1 aromatic carbocycles. The van der Waals surface area contributed by atoms with E-state index in [9.17, 15) is 14.7 Å². The SMILES string of the molecule is CC(=O)c1ccc([C@@H](O)C(C)=O)cc1. The highest BCUT2D eigenvalue weighted by atomic mass is 16.3. The van der Waals surface area contributed by atoms with E-state index in [0.717, 1.165) is 0 Å². The van der Waals surface area contributed by atoms with Gasteiger partial charge in [-0.05, 0) is 19.4 Å². The van der Waals surface area contributed by atoms with E-state index in [2.05, 4.69) is 0 Å². The lowest BCUT2D eigenvalue weighted by Gasteiger charge is -2.06. The number of hydrogen-bond donors (Lipinski definition) is 1. The van der Waals surface area contributed by atoms with Gasteiger partial charge < -0.3 is 5.11 Å². The largest absolute Gasteiger partial charge is 0.381 e. The van der Waals surface area contributed by atoms with E-state index < -0.39 is 6.10 Å². The van der Waals surface area contributed by atoms with E-state index in [1.165, 1.54) is 13.8 Å². The molecule has 74 valence electrons. The van der Waals surface area contributed by atoms with E-state index in [-0.39, 0.29) is 11.6 Å². The third-order valence-corrected chi connectivity index (χ3v) is 2.02. The summed E-state index contributed by atoms with van der Waals surface area (Å²) in [5.74, 6) is -0.338. The van der Waals surface area contributed by atoms with Gasteiger partial charge in [0.2, 0.25) is 0 Å². The van der Waals surface area contributed by atoms with Crippen LogP contribution in [0.15, 0.2) is 24.3 Å². The van der Waals surface area contributed by atoms with Crippen molar-refractivity contribution in [3.63, 3.8) is 0 Å². The molecule has 0 spiro atoms.